The van der Waals surface area contributed by atoms with Crippen LogP contribution in [-0.4, -0.2) is 33.9 Å². The lowest BCUT2D eigenvalue weighted by Gasteiger charge is -2.10. The molecule has 86 valence electrons. The molecule has 0 fully saturated rings. The van der Waals surface area contributed by atoms with Crippen LogP contribution in [0.4, 0.5) is 0 Å². The molecule has 4 nitrogen and oxygen atoms in total. The normalized spacial score (nSPS) is 16.5. The van der Waals surface area contributed by atoms with Gasteiger partial charge in [0.15, 0.2) is 9.84 Å². The zero-order chi connectivity index (χ0) is 11.2. The minimum absolute atomic E-state index is 0.0516. The van der Waals surface area contributed by atoms with Gasteiger partial charge in [-0.15, -0.1) is 0 Å². The van der Waals surface area contributed by atoms with E-state index in [2.05, 4.69) is 0 Å². The summed E-state index contributed by atoms with van der Waals surface area (Å²) in [6.07, 6.45) is 1.46. The van der Waals surface area contributed by atoms with Gasteiger partial charge >= 0.3 is 0 Å². The van der Waals surface area contributed by atoms with Crippen molar-refractivity contribution in [2.45, 2.75) is 38.4 Å². The summed E-state index contributed by atoms with van der Waals surface area (Å²) in [6.45, 7) is 3.51. The third-order valence-corrected chi connectivity index (χ3v) is 5.22. The van der Waals surface area contributed by atoms with Crippen LogP contribution in [-0.2, 0) is 20.9 Å². The van der Waals surface area contributed by atoms with E-state index in [0.29, 0.717) is 19.3 Å². The summed E-state index contributed by atoms with van der Waals surface area (Å²) in [5.74, 6) is 0.148. The first-order valence-electron chi connectivity index (χ1n) is 4.67. The standard InChI is InChI=1S/C8H18O4S2/c1-3-8(2)14(11,12)7-5-4-6-13(9)10/h8H,3-7H2,1-2H3,(H,9,10)/p-1. The van der Waals surface area contributed by atoms with E-state index >= 15 is 0 Å². The summed E-state index contributed by atoms with van der Waals surface area (Å²) in [5, 5.41) is -0.319. The first-order chi connectivity index (χ1) is 6.40. The molecule has 0 aliphatic heterocycles. The van der Waals surface area contributed by atoms with Crippen LogP contribution in [0.3, 0.4) is 0 Å². The van der Waals surface area contributed by atoms with Crippen molar-refractivity contribution in [3.63, 3.8) is 0 Å². The average molecular weight is 241 g/mol. The third kappa shape index (κ3) is 5.72. The number of sulfone groups is 1. The predicted octanol–water partition coefficient (Wildman–Crippen LogP) is 0.859. The molecule has 0 N–H and O–H groups in total. The lowest BCUT2D eigenvalue weighted by Crippen LogP contribution is -2.20. The van der Waals surface area contributed by atoms with E-state index in [-0.39, 0.29) is 16.8 Å². The van der Waals surface area contributed by atoms with Gasteiger partial charge in [-0.3, -0.25) is 4.21 Å². The van der Waals surface area contributed by atoms with Gasteiger partial charge in [-0.25, -0.2) is 8.42 Å². The minimum atomic E-state index is -3.01. The van der Waals surface area contributed by atoms with Crippen molar-refractivity contribution >= 4 is 20.9 Å². The Morgan fingerprint density at radius 2 is 1.93 bits per heavy atom. The van der Waals surface area contributed by atoms with Gasteiger partial charge in [0, 0.05) is 5.75 Å². The molecular weight excluding hydrogens is 224 g/mol. The van der Waals surface area contributed by atoms with Gasteiger partial charge in [0.1, 0.15) is 0 Å². The Morgan fingerprint density at radius 3 is 2.36 bits per heavy atom. The highest BCUT2D eigenvalue weighted by molar-refractivity contribution is 7.92. The fourth-order valence-electron chi connectivity index (χ4n) is 0.978. The van der Waals surface area contributed by atoms with Crippen molar-refractivity contribution in [3.8, 4) is 0 Å². The molecule has 0 radical (unpaired) electrons. The Kier molecular flexibility index (Phi) is 6.55. The molecule has 0 heterocycles. The van der Waals surface area contributed by atoms with Crippen LogP contribution in [0.15, 0.2) is 0 Å². The molecule has 0 saturated heterocycles. The number of hydrogen-bond acceptors (Lipinski definition) is 4. The first-order valence-corrected chi connectivity index (χ1v) is 7.63. The molecule has 0 amide bonds. The molecule has 0 aromatic heterocycles. The lowest BCUT2D eigenvalue weighted by atomic mass is 10.4. The molecule has 0 aromatic rings. The maximum absolute atomic E-state index is 11.5. The average Bonchev–Trinajstić information content (AvgIpc) is 2.10. The summed E-state index contributed by atoms with van der Waals surface area (Å²) in [6, 6.07) is 0. The molecule has 0 aliphatic rings. The predicted molar refractivity (Wildman–Crippen MR) is 56.6 cm³/mol. The highest BCUT2D eigenvalue weighted by Gasteiger charge is 2.17. The van der Waals surface area contributed by atoms with Crippen molar-refractivity contribution in [2.24, 2.45) is 0 Å². The van der Waals surface area contributed by atoms with E-state index < -0.39 is 20.9 Å². The maximum atomic E-state index is 11.5. The molecule has 0 saturated carbocycles. The van der Waals surface area contributed by atoms with E-state index in [1.165, 1.54) is 0 Å². The van der Waals surface area contributed by atoms with E-state index in [4.69, 9.17) is 0 Å². The third-order valence-electron chi connectivity index (χ3n) is 2.18. The molecule has 0 aromatic carbocycles. The molecule has 14 heavy (non-hydrogen) atoms. The molecule has 0 bridgehead atoms. The van der Waals surface area contributed by atoms with Crippen molar-refractivity contribution in [1.82, 2.24) is 0 Å². The zero-order valence-corrected chi connectivity index (χ0v) is 10.2. The lowest BCUT2D eigenvalue weighted by molar-refractivity contribution is 0.533. The highest BCUT2D eigenvalue weighted by Crippen LogP contribution is 2.08. The van der Waals surface area contributed by atoms with Gasteiger partial charge in [-0.2, -0.15) is 0 Å². The van der Waals surface area contributed by atoms with Crippen LogP contribution < -0.4 is 0 Å². The SMILES string of the molecule is CCC(C)S(=O)(=O)CCCCS(=O)[O-]. The zero-order valence-electron chi connectivity index (χ0n) is 8.56. The molecule has 6 heteroatoms. The Balaban J connectivity index is 3.83. The topological polar surface area (TPSA) is 74.3 Å². The van der Waals surface area contributed by atoms with Crippen LogP contribution in [0, 0.1) is 0 Å². The molecule has 2 unspecified atom stereocenters. The minimum Gasteiger partial charge on any atom is -0.772 e. The number of unbranched alkanes of at least 4 members (excludes halogenated alkanes) is 1. The van der Waals surface area contributed by atoms with Crippen LogP contribution in [0.1, 0.15) is 33.1 Å². The van der Waals surface area contributed by atoms with E-state index in [1.54, 1.807) is 6.92 Å². The molecular formula is C8H17O4S2-. The van der Waals surface area contributed by atoms with Gasteiger partial charge in [-0.1, -0.05) is 18.0 Å². The van der Waals surface area contributed by atoms with Crippen LogP contribution in [0.25, 0.3) is 0 Å². The summed E-state index contributed by atoms with van der Waals surface area (Å²) in [5.41, 5.74) is 0. The van der Waals surface area contributed by atoms with E-state index in [1.807, 2.05) is 6.92 Å². The van der Waals surface area contributed by atoms with Crippen molar-refractivity contribution in [3.05, 3.63) is 0 Å². The molecule has 0 rings (SSSR count). The maximum Gasteiger partial charge on any atom is 0.152 e. The number of hydrogen-bond donors (Lipinski definition) is 0. The van der Waals surface area contributed by atoms with E-state index in [0.717, 1.165) is 0 Å². The quantitative estimate of drug-likeness (QED) is 0.489. The monoisotopic (exact) mass is 241 g/mol. The van der Waals surface area contributed by atoms with Gasteiger partial charge in [-0.05, 0) is 26.2 Å². The summed E-state index contributed by atoms with van der Waals surface area (Å²) >= 11 is -2.05. The van der Waals surface area contributed by atoms with Crippen molar-refractivity contribution < 1.29 is 17.2 Å². The number of rotatable bonds is 7. The van der Waals surface area contributed by atoms with Crippen LogP contribution in [0.5, 0.6) is 0 Å². The van der Waals surface area contributed by atoms with Crippen molar-refractivity contribution in [2.75, 3.05) is 11.5 Å². The smallest absolute Gasteiger partial charge is 0.152 e. The van der Waals surface area contributed by atoms with Crippen LogP contribution >= 0.6 is 0 Å². The van der Waals surface area contributed by atoms with Gasteiger partial charge in [0.05, 0.1) is 11.0 Å². The fraction of sp³-hybridized carbons (Fsp3) is 1.00. The van der Waals surface area contributed by atoms with Crippen molar-refractivity contribution in [1.29, 1.82) is 0 Å². The largest absolute Gasteiger partial charge is 0.772 e. The van der Waals surface area contributed by atoms with Gasteiger partial charge in [0.2, 0.25) is 0 Å². The Labute approximate surface area is 88.3 Å². The second kappa shape index (κ2) is 6.53. The summed E-state index contributed by atoms with van der Waals surface area (Å²) < 4.78 is 43.2. The fourth-order valence-corrected chi connectivity index (χ4v) is 2.93. The molecule has 2 atom stereocenters. The van der Waals surface area contributed by atoms with E-state index in [9.17, 15) is 17.2 Å². The second-order valence-electron chi connectivity index (χ2n) is 3.30. The first kappa shape index (κ1) is 14.1. The summed E-state index contributed by atoms with van der Waals surface area (Å²) in [4.78, 5) is 0. The Hall–Kier alpha value is 0.0600. The Morgan fingerprint density at radius 1 is 1.36 bits per heavy atom. The molecule has 0 spiro atoms. The molecule has 0 aliphatic carbocycles. The summed E-state index contributed by atoms with van der Waals surface area (Å²) in [7, 11) is -3.01. The highest BCUT2D eigenvalue weighted by atomic mass is 32.2. The van der Waals surface area contributed by atoms with Gasteiger partial charge in [0.25, 0.3) is 0 Å². The van der Waals surface area contributed by atoms with Crippen LogP contribution in [0.2, 0.25) is 0 Å². The Bertz CT molecular complexity index is 271. The second-order valence-corrected chi connectivity index (χ2v) is 6.86. The van der Waals surface area contributed by atoms with Gasteiger partial charge < -0.3 is 4.55 Å².